The summed E-state index contributed by atoms with van der Waals surface area (Å²) in [6, 6.07) is 4.79. The first-order valence-corrected chi connectivity index (χ1v) is 12.8. The van der Waals surface area contributed by atoms with Crippen LogP contribution in [0.1, 0.15) is 65.4 Å². The molecule has 1 aromatic carbocycles. The van der Waals surface area contributed by atoms with E-state index in [1.807, 2.05) is 6.07 Å². The SMILES string of the molecule is CC(C)(C)[S+]([O-])N[C@@](C)(CS(=O)(=O)C1(C#N)CCCCC1)c1cc([N+](=O)[O-])ccc1F. The third-order valence-electron chi connectivity index (χ3n) is 5.57. The van der Waals surface area contributed by atoms with E-state index >= 15 is 0 Å². The zero-order valence-corrected chi connectivity index (χ0v) is 19.7. The Labute approximate surface area is 185 Å². The highest BCUT2D eigenvalue weighted by Gasteiger charge is 2.51. The number of hydrogen-bond acceptors (Lipinski definition) is 7. The van der Waals surface area contributed by atoms with Crippen LogP contribution in [0.25, 0.3) is 0 Å². The van der Waals surface area contributed by atoms with Crippen molar-refractivity contribution in [1.82, 2.24) is 4.72 Å². The number of nitrogens with one attached hydrogen (secondary N) is 1. The number of nitro benzene ring substituents is 1. The molecule has 1 saturated carbocycles. The second kappa shape index (κ2) is 9.02. The van der Waals surface area contributed by atoms with Gasteiger partial charge in [0.2, 0.25) is 0 Å². The first-order chi connectivity index (χ1) is 14.2. The Bertz CT molecular complexity index is 982. The Balaban J connectivity index is 2.62. The summed E-state index contributed by atoms with van der Waals surface area (Å²) in [7, 11) is -4.14. The third kappa shape index (κ3) is 5.37. The molecular weight excluding hydrogens is 445 g/mol. The van der Waals surface area contributed by atoms with Gasteiger partial charge in [-0.15, -0.1) is 4.72 Å². The van der Waals surface area contributed by atoms with Crippen molar-refractivity contribution in [3.8, 4) is 6.07 Å². The minimum absolute atomic E-state index is 0.168. The molecule has 0 aliphatic heterocycles. The van der Waals surface area contributed by atoms with Gasteiger partial charge in [0.1, 0.15) is 16.1 Å². The minimum Gasteiger partial charge on any atom is -0.598 e. The van der Waals surface area contributed by atoms with Gasteiger partial charge >= 0.3 is 0 Å². The number of nitro groups is 1. The van der Waals surface area contributed by atoms with E-state index in [9.17, 15) is 32.7 Å². The lowest BCUT2D eigenvalue weighted by Crippen LogP contribution is -2.56. The molecule has 1 aromatic rings. The van der Waals surface area contributed by atoms with Crippen molar-refractivity contribution < 1.29 is 22.3 Å². The molecular formula is C20H28FN3O5S2. The van der Waals surface area contributed by atoms with Gasteiger partial charge in [0, 0.05) is 29.1 Å². The number of hydrogen-bond donors (Lipinski definition) is 1. The predicted octanol–water partition coefficient (Wildman–Crippen LogP) is 3.64. The highest BCUT2D eigenvalue weighted by Crippen LogP contribution is 2.39. The van der Waals surface area contributed by atoms with Crippen molar-refractivity contribution in [3.05, 3.63) is 39.7 Å². The summed E-state index contributed by atoms with van der Waals surface area (Å²) in [4.78, 5) is 10.5. The molecule has 0 spiro atoms. The van der Waals surface area contributed by atoms with E-state index in [-0.39, 0.29) is 18.4 Å². The lowest BCUT2D eigenvalue weighted by molar-refractivity contribution is -0.385. The number of benzene rings is 1. The normalized spacial score (nSPS) is 19.8. The Morgan fingerprint density at radius 3 is 2.32 bits per heavy atom. The maximum Gasteiger partial charge on any atom is 0.269 e. The molecule has 1 N–H and O–H groups in total. The van der Waals surface area contributed by atoms with Crippen LogP contribution >= 0.6 is 0 Å². The van der Waals surface area contributed by atoms with Crippen LogP contribution in [0.2, 0.25) is 0 Å². The Kier molecular flexibility index (Phi) is 7.42. The lowest BCUT2D eigenvalue weighted by Gasteiger charge is -2.38. The van der Waals surface area contributed by atoms with Crippen molar-refractivity contribution in [2.45, 2.75) is 74.8 Å². The van der Waals surface area contributed by atoms with Crippen LogP contribution in [0.4, 0.5) is 10.1 Å². The molecule has 11 heteroatoms. The second-order valence-corrected chi connectivity index (χ2v) is 13.4. The zero-order valence-electron chi connectivity index (χ0n) is 18.1. The summed E-state index contributed by atoms with van der Waals surface area (Å²) in [5.41, 5.74) is -2.48. The second-order valence-electron chi connectivity index (χ2n) is 9.16. The van der Waals surface area contributed by atoms with Gasteiger partial charge in [-0.2, -0.15) is 5.26 Å². The molecule has 0 heterocycles. The summed E-state index contributed by atoms with van der Waals surface area (Å²) >= 11 is -1.82. The van der Waals surface area contributed by atoms with E-state index in [4.69, 9.17) is 0 Å². The Morgan fingerprint density at radius 2 is 1.84 bits per heavy atom. The fraction of sp³-hybridized carbons (Fsp3) is 0.650. The van der Waals surface area contributed by atoms with Crippen LogP contribution in [-0.2, 0) is 26.7 Å². The molecule has 31 heavy (non-hydrogen) atoms. The largest absolute Gasteiger partial charge is 0.598 e. The van der Waals surface area contributed by atoms with E-state index in [0.717, 1.165) is 24.6 Å². The van der Waals surface area contributed by atoms with Crippen molar-refractivity contribution in [3.63, 3.8) is 0 Å². The molecule has 0 amide bonds. The van der Waals surface area contributed by atoms with E-state index < -0.39 is 58.4 Å². The van der Waals surface area contributed by atoms with Gasteiger partial charge in [-0.05, 0) is 46.6 Å². The monoisotopic (exact) mass is 473 g/mol. The van der Waals surface area contributed by atoms with Crippen molar-refractivity contribution >= 4 is 26.9 Å². The highest BCUT2D eigenvalue weighted by molar-refractivity contribution is 7.93. The van der Waals surface area contributed by atoms with E-state index in [1.54, 1.807) is 20.8 Å². The Hall–Kier alpha value is -1.74. The van der Waals surface area contributed by atoms with Crippen LogP contribution in [-0.4, -0.2) is 33.1 Å². The minimum atomic E-state index is -4.14. The maximum absolute atomic E-state index is 14.8. The van der Waals surface area contributed by atoms with E-state index in [1.165, 1.54) is 6.92 Å². The number of non-ortho nitro benzene ring substituents is 1. The van der Waals surface area contributed by atoms with Crippen LogP contribution in [0.5, 0.6) is 0 Å². The number of nitrogens with zero attached hydrogens (tertiary/aromatic N) is 2. The number of rotatable bonds is 7. The topological polar surface area (TPSA) is 136 Å². The smallest absolute Gasteiger partial charge is 0.269 e. The molecule has 2 atom stereocenters. The number of nitriles is 1. The van der Waals surface area contributed by atoms with Gasteiger partial charge in [-0.1, -0.05) is 19.3 Å². The van der Waals surface area contributed by atoms with Crippen LogP contribution in [0.3, 0.4) is 0 Å². The van der Waals surface area contributed by atoms with Crippen molar-refractivity contribution in [1.29, 1.82) is 5.26 Å². The molecule has 1 aliphatic carbocycles. The van der Waals surface area contributed by atoms with Gasteiger partial charge in [-0.25, -0.2) is 12.8 Å². The van der Waals surface area contributed by atoms with Gasteiger partial charge in [-0.3, -0.25) is 10.1 Å². The van der Waals surface area contributed by atoms with Crippen LogP contribution in [0, 0.1) is 27.3 Å². The Morgan fingerprint density at radius 1 is 1.26 bits per heavy atom. The van der Waals surface area contributed by atoms with Crippen LogP contribution in [0.15, 0.2) is 18.2 Å². The summed E-state index contributed by atoms with van der Waals surface area (Å²) in [6.45, 7) is 6.33. The molecule has 0 radical (unpaired) electrons. The average Bonchev–Trinajstić information content (AvgIpc) is 2.67. The van der Waals surface area contributed by atoms with Crippen molar-refractivity contribution in [2.75, 3.05) is 5.75 Å². The first kappa shape index (κ1) is 25.5. The molecule has 1 aliphatic rings. The standard InChI is InChI=1S/C20H28FN3O5S2/c1-18(2,3)30(27)23-19(4,16-12-15(24(25)26)8-9-17(16)21)14-31(28,29)20(13-22)10-6-5-7-11-20/h8-9,12,23H,5-7,10-11,14H2,1-4H3/t19-,30?/m0/s1. The quantitative estimate of drug-likeness (QED) is 0.363. The van der Waals surface area contributed by atoms with Gasteiger partial charge in [0.25, 0.3) is 5.69 Å². The van der Waals surface area contributed by atoms with Gasteiger partial charge < -0.3 is 4.55 Å². The average molecular weight is 474 g/mol. The number of halogens is 1. The molecule has 1 fully saturated rings. The molecule has 172 valence electrons. The van der Waals surface area contributed by atoms with E-state index in [0.29, 0.717) is 12.8 Å². The predicted molar refractivity (Wildman–Crippen MR) is 117 cm³/mol. The molecule has 0 aromatic heterocycles. The summed E-state index contributed by atoms with van der Waals surface area (Å²) < 4.78 is 54.9. The van der Waals surface area contributed by atoms with Gasteiger partial charge in [0.05, 0.1) is 16.7 Å². The van der Waals surface area contributed by atoms with Crippen molar-refractivity contribution in [2.24, 2.45) is 0 Å². The van der Waals surface area contributed by atoms with Gasteiger partial charge in [0.15, 0.2) is 14.6 Å². The van der Waals surface area contributed by atoms with Crippen LogP contribution < -0.4 is 4.72 Å². The molecule has 0 bridgehead atoms. The summed E-state index contributed by atoms with van der Waals surface area (Å²) in [5.74, 6) is -1.59. The molecule has 2 rings (SSSR count). The molecule has 0 saturated heterocycles. The molecule has 8 nitrogen and oxygen atoms in total. The summed E-state index contributed by atoms with van der Waals surface area (Å²) in [5, 5.41) is 21.0. The van der Waals surface area contributed by atoms with E-state index in [2.05, 4.69) is 4.72 Å². The maximum atomic E-state index is 14.8. The third-order valence-corrected chi connectivity index (χ3v) is 9.96. The summed E-state index contributed by atoms with van der Waals surface area (Å²) in [6.07, 6.45) is 2.32. The molecule has 1 unspecified atom stereocenters. The zero-order chi connectivity index (χ0) is 23.7. The highest BCUT2D eigenvalue weighted by atomic mass is 32.2. The number of sulfone groups is 1. The lowest BCUT2D eigenvalue weighted by atomic mass is 9.89. The first-order valence-electron chi connectivity index (χ1n) is 9.95. The fourth-order valence-corrected chi connectivity index (χ4v) is 7.01. The fourth-order valence-electron chi connectivity index (χ4n) is 3.70.